The molecule has 4 nitrogen and oxygen atoms in total. The zero-order valence-corrected chi connectivity index (χ0v) is 15.1. The van der Waals surface area contributed by atoms with Gasteiger partial charge in [-0.05, 0) is 42.7 Å². The Kier molecular flexibility index (Phi) is 3.32. The van der Waals surface area contributed by atoms with Crippen molar-refractivity contribution >= 4 is 17.0 Å². The largest absolute Gasteiger partial charge is 0.459 e. The smallest absolute Gasteiger partial charge is 0.348 e. The second-order valence-corrected chi connectivity index (χ2v) is 8.43. The molecule has 0 N–H and O–H groups in total. The molecule has 0 amide bonds. The Morgan fingerprint density at radius 1 is 1.33 bits per heavy atom. The number of benzene rings is 1. The molecule has 1 heterocycles. The normalized spacial score (nSPS) is 30.8. The van der Waals surface area contributed by atoms with Gasteiger partial charge in [0.05, 0.1) is 7.05 Å². The number of para-hydroxylation sites is 2. The number of nitrogens with zero attached hydrogens (tertiary/aromatic N) is 2. The molecule has 2 aliphatic rings. The molecule has 4 heteroatoms. The number of hydrogen-bond donors (Lipinski definition) is 0. The third-order valence-electron chi connectivity index (χ3n) is 7.17. The van der Waals surface area contributed by atoms with Gasteiger partial charge in [0.1, 0.15) is 6.10 Å². The van der Waals surface area contributed by atoms with Crippen LogP contribution in [0.3, 0.4) is 0 Å². The third-order valence-corrected chi connectivity index (χ3v) is 7.17. The van der Waals surface area contributed by atoms with Crippen LogP contribution >= 0.6 is 0 Å². The summed E-state index contributed by atoms with van der Waals surface area (Å²) in [5, 5.41) is 0. The Labute approximate surface area is 143 Å². The highest BCUT2D eigenvalue weighted by molar-refractivity contribution is 5.75. The average Bonchev–Trinajstić information content (AvgIpc) is 3.03. The maximum Gasteiger partial charge on any atom is 0.348 e. The Balaban J connectivity index is 1.52. The van der Waals surface area contributed by atoms with Gasteiger partial charge in [-0.15, -0.1) is 0 Å². The summed E-state index contributed by atoms with van der Waals surface area (Å²) in [7, 11) is 2.00. The van der Waals surface area contributed by atoms with Crippen molar-refractivity contribution in [2.75, 3.05) is 0 Å². The minimum atomic E-state index is -0.120. The lowest BCUT2D eigenvalue weighted by atomic mass is 9.70. The van der Waals surface area contributed by atoms with Gasteiger partial charge in [0, 0.05) is 5.41 Å². The van der Waals surface area contributed by atoms with Crippen molar-refractivity contribution in [1.29, 1.82) is 0 Å². The van der Waals surface area contributed by atoms with Crippen LogP contribution < -0.4 is 4.57 Å². The van der Waals surface area contributed by atoms with Gasteiger partial charge >= 0.3 is 5.97 Å². The fourth-order valence-corrected chi connectivity index (χ4v) is 5.11. The summed E-state index contributed by atoms with van der Waals surface area (Å²) in [6.45, 7) is 7.28. The van der Waals surface area contributed by atoms with E-state index in [1.54, 1.807) is 0 Å². The molecule has 2 saturated carbocycles. The SMILES string of the molecule is C[n+]1cn(CC(=O)OC2CC3CCC2(C)C3(C)C)c2ccccc21. The minimum absolute atomic E-state index is 0.0642. The molecule has 2 bridgehead atoms. The molecule has 2 aromatic rings. The lowest BCUT2D eigenvalue weighted by Gasteiger charge is -2.38. The molecule has 2 aliphatic carbocycles. The van der Waals surface area contributed by atoms with Crippen molar-refractivity contribution in [2.24, 2.45) is 23.8 Å². The van der Waals surface area contributed by atoms with Gasteiger partial charge in [-0.2, -0.15) is 0 Å². The molecule has 128 valence electrons. The quantitative estimate of drug-likeness (QED) is 0.641. The number of rotatable bonds is 3. The fourth-order valence-electron chi connectivity index (χ4n) is 5.11. The first kappa shape index (κ1) is 15.7. The van der Waals surface area contributed by atoms with Gasteiger partial charge in [0.2, 0.25) is 6.33 Å². The molecular formula is C20H27N2O2+. The summed E-state index contributed by atoms with van der Waals surface area (Å²) in [5.74, 6) is 0.566. The number of ether oxygens (including phenoxy) is 1. The number of esters is 1. The van der Waals surface area contributed by atoms with Gasteiger partial charge in [0.25, 0.3) is 0 Å². The highest BCUT2D eigenvalue weighted by Gasteiger charge is 2.62. The number of imidazole rings is 1. The predicted octanol–water partition coefficient (Wildman–Crippen LogP) is 3.22. The van der Waals surface area contributed by atoms with Crippen molar-refractivity contribution in [3.63, 3.8) is 0 Å². The van der Waals surface area contributed by atoms with Crippen molar-refractivity contribution in [3.8, 4) is 0 Å². The van der Waals surface area contributed by atoms with Crippen molar-refractivity contribution < 1.29 is 14.1 Å². The number of aryl methyl sites for hydroxylation is 1. The highest BCUT2D eigenvalue weighted by atomic mass is 16.5. The summed E-state index contributed by atoms with van der Waals surface area (Å²) in [6.07, 6.45) is 5.50. The topological polar surface area (TPSA) is 35.1 Å². The minimum Gasteiger partial charge on any atom is -0.459 e. The number of fused-ring (bicyclic) bond motifs is 3. The third kappa shape index (κ3) is 2.04. The van der Waals surface area contributed by atoms with Crippen LogP contribution in [0.25, 0.3) is 11.0 Å². The summed E-state index contributed by atoms with van der Waals surface area (Å²) in [5.41, 5.74) is 2.58. The first-order valence-electron chi connectivity index (χ1n) is 8.96. The van der Waals surface area contributed by atoms with Crippen molar-refractivity contribution in [3.05, 3.63) is 30.6 Å². The molecule has 24 heavy (non-hydrogen) atoms. The first-order valence-corrected chi connectivity index (χ1v) is 8.96. The van der Waals surface area contributed by atoms with Gasteiger partial charge in [0.15, 0.2) is 17.6 Å². The van der Waals surface area contributed by atoms with Crippen LogP contribution in [0.4, 0.5) is 0 Å². The van der Waals surface area contributed by atoms with Gasteiger partial charge in [-0.1, -0.05) is 32.9 Å². The van der Waals surface area contributed by atoms with Gasteiger partial charge in [-0.3, -0.25) is 0 Å². The Morgan fingerprint density at radius 2 is 2.08 bits per heavy atom. The zero-order chi connectivity index (χ0) is 17.1. The molecule has 4 rings (SSSR count). The monoisotopic (exact) mass is 327 g/mol. The highest BCUT2D eigenvalue weighted by Crippen LogP contribution is 2.66. The molecule has 0 saturated heterocycles. The molecule has 2 fully saturated rings. The standard InChI is InChI=1S/C20H27N2O2/c1-19(2)14-9-10-20(19,3)17(11-14)24-18(23)12-22-13-21(4)15-7-5-6-8-16(15)22/h5-8,13-14,17H,9-12H2,1-4H3/q+1. The van der Waals surface area contributed by atoms with E-state index in [1.165, 1.54) is 12.8 Å². The number of carbonyl (C=O) groups excluding carboxylic acids is 1. The first-order chi connectivity index (χ1) is 11.3. The van der Waals surface area contributed by atoms with Crippen LogP contribution in [-0.4, -0.2) is 16.6 Å². The van der Waals surface area contributed by atoms with E-state index in [0.717, 1.165) is 17.5 Å². The van der Waals surface area contributed by atoms with E-state index >= 15 is 0 Å². The van der Waals surface area contributed by atoms with Gasteiger partial charge < -0.3 is 4.74 Å². The van der Waals surface area contributed by atoms with E-state index < -0.39 is 0 Å². The predicted molar refractivity (Wildman–Crippen MR) is 92.2 cm³/mol. The van der Waals surface area contributed by atoms with Crippen LogP contribution in [0.5, 0.6) is 0 Å². The molecule has 1 aromatic heterocycles. The fraction of sp³-hybridized carbons (Fsp3) is 0.600. The Hall–Kier alpha value is -1.84. The average molecular weight is 327 g/mol. The Bertz CT molecular complexity index is 807. The molecule has 3 atom stereocenters. The van der Waals surface area contributed by atoms with E-state index in [9.17, 15) is 4.79 Å². The number of carbonyl (C=O) groups is 1. The summed E-state index contributed by atoms with van der Waals surface area (Å²) >= 11 is 0. The lowest BCUT2D eigenvalue weighted by molar-refractivity contribution is -0.645. The number of aromatic nitrogens is 2. The maximum atomic E-state index is 12.6. The molecule has 3 unspecified atom stereocenters. The van der Waals surface area contributed by atoms with E-state index in [2.05, 4.69) is 26.8 Å². The molecular weight excluding hydrogens is 300 g/mol. The van der Waals surface area contributed by atoms with Crippen LogP contribution in [0.1, 0.15) is 40.0 Å². The van der Waals surface area contributed by atoms with Crippen LogP contribution in [0.2, 0.25) is 0 Å². The number of hydrogen-bond acceptors (Lipinski definition) is 2. The summed E-state index contributed by atoms with van der Waals surface area (Å²) in [6, 6.07) is 8.13. The molecule has 1 aromatic carbocycles. The molecule has 0 spiro atoms. The maximum absolute atomic E-state index is 12.6. The summed E-state index contributed by atoms with van der Waals surface area (Å²) in [4.78, 5) is 12.6. The van der Waals surface area contributed by atoms with Crippen LogP contribution in [0.15, 0.2) is 30.6 Å². The van der Waals surface area contributed by atoms with E-state index in [4.69, 9.17) is 4.74 Å². The van der Waals surface area contributed by atoms with Crippen LogP contribution in [0, 0.1) is 16.7 Å². The second-order valence-electron chi connectivity index (χ2n) is 8.43. The second kappa shape index (κ2) is 5.08. The van der Waals surface area contributed by atoms with E-state index in [-0.39, 0.29) is 29.4 Å². The van der Waals surface area contributed by atoms with Crippen molar-refractivity contribution in [2.45, 2.75) is 52.7 Å². The zero-order valence-electron chi connectivity index (χ0n) is 15.1. The lowest BCUT2D eigenvalue weighted by Crippen LogP contribution is -2.38. The van der Waals surface area contributed by atoms with Crippen LogP contribution in [-0.2, 0) is 23.1 Å². The van der Waals surface area contributed by atoms with E-state index in [1.807, 2.05) is 40.7 Å². The molecule has 0 aliphatic heterocycles. The van der Waals surface area contributed by atoms with Gasteiger partial charge in [-0.25, -0.2) is 13.9 Å². The molecule has 0 radical (unpaired) electrons. The van der Waals surface area contributed by atoms with E-state index in [0.29, 0.717) is 5.92 Å². The van der Waals surface area contributed by atoms with Crippen molar-refractivity contribution in [1.82, 2.24) is 4.57 Å². The Morgan fingerprint density at radius 3 is 2.75 bits per heavy atom. The summed E-state index contributed by atoms with van der Waals surface area (Å²) < 4.78 is 10.0.